The van der Waals surface area contributed by atoms with Crippen molar-refractivity contribution in [3.63, 3.8) is 0 Å². The summed E-state index contributed by atoms with van der Waals surface area (Å²) in [4.78, 5) is 0. The third-order valence-electron chi connectivity index (χ3n) is 1.79. The normalized spacial score (nSPS) is 11.7. The fourth-order valence-corrected chi connectivity index (χ4v) is 1.92. The van der Waals surface area contributed by atoms with Crippen LogP contribution >= 0.6 is 22.6 Å². The molecular formula is C11H10FIO. The van der Waals surface area contributed by atoms with E-state index in [1.807, 2.05) is 22.6 Å². The zero-order valence-corrected chi connectivity index (χ0v) is 9.88. The van der Waals surface area contributed by atoms with Gasteiger partial charge < -0.3 is 5.11 Å². The molecule has 0 bridgehead atoms. The number of aliphatic hydroxyl groups excluding tert-OH is 1. The second-order valence-electron chi connectivity index (χ2n) is 2.81. The smallest absolute Gasteiger partial charge is 0.124 e. The highest BCUT2D eigenvalue weighted by atomic mass is 127. The highest BCUT2D eigenvalue weighted by Gasteiger charge is 2.10. The lowest BCUT2D eigenvalue weighted by atomic mass is 10.1. The van der Waals surface area contributed by atoms with Crippen molar-refractivity contribution in [2.75, 3.05) is 0 Å². The largest absolute Gasteiger partial charge is 0.387 e. The highest BCUT2D eigenvalue weighted by molar-refractivity contribution is 14.1. The average molecular weight is 304 g/mol. The summed E-state index contributed by atoms with van der Waals surface area (Å²) in [5.74, 6) is 5.22. The minimum atomic E-state index is -0.630. The van der Waals surface area contributed by atoms with Crippen molar-refractivity contribution >= 4 is 22.6 Å². The van der Waals surface area contributed by atoms with E-state index in [1.165, 1.54) is 12.1 Å². The molecule has 1 nitrogen and oxygen atoms in total. The summed E-state index contributed by atoms with van der Waals surface area (Å²) in [5.41, 5.74) is 0.731. The van der Waals surface area contributed by atoms with Crippen LogP contribution in [0.15, 0.2) is 18.2 Å². The maximum atomic E-state index is 12.7. The van der Waals surface area contributed by atoms with Gasteiger partial charge in [0.05, 0.1) is 6.10 Å². The van der Waals surface area contributed by atoms with Gasteiger partial charge in [0.25, 0.3) is 0 Å². The van der Waals surface area contributed by atoms with E-state index >= 15 is 0 Å². The molecule has 1 unspecified atom stereocenters. The van der Waals surface area contributed by atoms with Crippen molar-refractivity contribution in [2.24, 2.45) is 0 Å². The minimum absolute atomic E-state index is 0.285. The fraction of sp³-hybridized carbons (Fsp3) is 0.273. The minimum Gasteiger partial charge on any atom is -0.387 e. The standard InChI is InChI=1S/C11H10FIO/c1-2-3-4-11(14)9-6-5-8(12)7-10(9)13/h5-7,11,14H,4H2,1H3. The van der Waals surface area contributed by atoms with E-state index < -0.39 is 6.10 Å². The molecule has 0 spiro atoms. The number of aliphatic hydroxyl groups is 1. The predicted octanol–water partition coefficient (Wildman–Crippen LogP) is 2.88. The molecule has 0 aromatic heterocycles. The van der Waals surface area contributed by atoms with Gasteiger partial charge in [-0.3, -0.25) is 0 Å². The molecule has 14 heavy (non-hydrogen) atoms. The first-order valence-corrected chi connectivity index (χ1v) is 5.25. The summed E-state index contributed by atoms with van der Waals surface area (Å²) in [6, 6.07) is 4.34. The molecule has 0 aliphatic heterocycles. The molecule has 0 heterocycles. The quantitative estimate of drug-likeness (QED) is 0.658. The Kier molecular flexibility index (Phi) is 4.36. The van der Waals surface area contributed by atoms with E-state index in [2.05, 4.69) is 11.8 Å². The highest BCUT2D eigenvalue weighted by Crippen LogP contribution is 2.22. The Morgan fingerprint density at radius 3 is 2.86 bits per heavy atom. The Balaban J connectivity index is 2.88. The lowest BCUT2D eigenvalue weighted by molar-refractivity contribution is 0.183. The summed E-state index contributed by atoms with van der Waals surface area (Å²) in [7, 11) is 0. The van der Waals surface area contributed by atoms with Crippen molar-refractivity contribution in [2.45, 2.75) is 19.4 Å². The summed E-state index contributed by atoms with van der Waals surface area (Å²) in [6.45, 7) is 1.72. The molecule has 1 rings (SSSR count). The molecule has 1 N–H and O–H groups in total. The van der Waals surface area contributed by atoms with Gasteiger partial charge in [0.15, 0.2) is 0 Å². The van der Waals surface area contributed by atoms with Crippen molar-refractivity contribution in [1.82, 2.24) is 0 Å². The number of benzene rings is 1. The zero-order chi connectivity index (χ0) is 10.6. The average Bonchev–Trinajstić information content (AvgIpc) is 2.14. The van der Waals surface area contributed by atoms with Crippen LogP contribution in [0, 0.1) is 21.2 Å². The first-order chi connectivity index (χ1) is 6.65. The number of rotatable bonds is 2. The molecular weight excluding hydrogens is 294 g/mol. The first kappa shape index (κ1) is 11.5. The van der Waals surface area contributed by atoms with Crippen LogP contribution < -0.4 is 0 Å². The summed E-state index contributed by atoms with van der Waals surface area (Å²) >= 11 is 2.00. The zero-order valence-electron chi connectivity index (χ0n) is 7.72. The van der Waals surface area contributed by atoms with Crippen molar-refractivity contribution in [1.29, 1.82) is 0 Å². The van der Waals surface area contributed by atoms with E-state index in [-0.39, 0.29) is 5.82 Å². The van der Waals surface area contributed by atoms with Crippen LogP contribution in [-0.2, 0) is 0 Å². The van der Waals surface area contributed by atoms with Gasteiger partial charge in [0.2, 0.25) is 0 Å². The molecule has 0 fully saturated rings. The van der Waals surface area contributed by atoms with Gasteiger partial charge in [0, 0.05) is 9.99 Å². The predicted molar refractivity (Wildman–Crippen MR) is 62.1 cm³/mol. The van der Waals surface area contributed by atoms with Crippen molar-refractivity contribution in [3.8, 4) is 11.8 Å². The van der Waals surface area contributed by atoms with Gasteiger partial charge in [-0.2, -0.15) is 0 Å². The van der Waals surface area contributed by atoms with E-state index in [4.69, 9.17) is 0 Å². The van der Waals surface area contributed by atoms with Gasteiger partial charge in [-0.05, 0) is 47.2 Å². The first-order valence-electron chi connectivity index (χ1n) is 4.17. The Labute approximate surface area is 96.5 Å². The van der Waals surface area contributed by atoms with Gasteiger partial charge in [-0.25, -0.2) is 4.39 Å². The SMILES string of the molecule is CC#CCC(O)c1ccc(F)cc1I. The summed E-state index contributed by atoms with van der Waals surface area (Å²) in [5, 5.41) is 9.69. The van der Waals surface area contributed by atoms with E-state index in [0.29, 0.717) is 6.42 Å². The van der Waals surface area contributed by atoms with Gasteiger partial charge in [-0.15, -0.1) is 11.8 Å². The number of halogens is 2. The number of hydrogen-bond acceptors (Lipinski definition) is 1. The molecule has 0 radical (unpaired) electrons. The summed E-state index contributed by atoms with van der Waals surface area (Å²) < 4.78 is 13.5. The Morgan fingerprint density at radius 2 is 2.29 bits per heavy atom. The molecule has 0 aliphatic carbocycles. The van der Waals surface area contributed by atoms with Crippen molar-refractivity contribution < 1.29 is 9.50 Å². The number of hydrogen-bond donors (Lipinski definition) is 1. The molecule has 0 amide bonds. The van der Waals surface area contributed by atoms with Crippen LogP contribution in [0.25, 0.3) is 0 Å². The van der Waals surface area contributed by atoms with Crippen LogP contribution in [0.4, 0.5) is 4.39 Å². The molecule has 0 saturated carbocycles. The van der Waals surface area contributed by atoms with Crippen molar-refractivity contribution in [3.05, 3.63) is 33.1 Å². The molecule has 1 aromatic rings. The summed E-state index contributed by atoms with van der Waals surface area (Å²) in [6.07, 6.45) is -0.243. The van der Waals surface area contributed by atoms with Gasteiger partial charge >= 0.3 is 0 Å². The maximum Gasteiger partial charge on any atom is 0.124 e. The van der Waals surface area contributed by atoms with Crippen LogP contribution in [-0.4, -0.2) is 5.11 Å². The molecule has 3 heteroatoms. The Hall–Kier alpha value is -0.600. The lowest BCUT2D eigenvalue weighted by Crippen LogP contribution is -1.99. The Bertz CT molecular complexity index is 379. The molecule has 1 aromatic carbocycles. The Morgan fingerprint density at radius 1 is 1.57 bits per heavy atom. The van der Waals surface area contributed by atoms with Gasteiger partial charge in [0.1, 0.15) is 5.82 Å². The molecule has 0 aliphatic rings. The fourth-order valence-electron chi connectivity index (χ4n) is 1.08. The van der Waals surface area contributed by atoms with E-state index in [9.17, 15) is 9.50 Å². The van der Waals surface area contributed by atoms with E-state index in [0.717, 1.165) is 9.13 Å². The molecule has 1 atom stereocenters. The maximum absolute atomic E-state index is 12.7. The van der Waals surface area contributed by atoms with Crippen LogP contribution in [0.5, 0.6) is 0 Å². The lowest BCUT2D eigenvalue weighted by Gasteiger charge is -2.09. The third kappa shape index (κ3) is 2.96. The third-order valence-corrected chi connectivity index (χ3v) is 2.73. The second-order valence-corrected chi connectivity index (χ2v) is 3.97. The van der Waals surface area contributed by atoms with Crippen LogP contribution in [0.3, 0.4) is 0 Å². The topological polar surface area (TPSA) is 20.2 Å². The van der Waals surface area contributed by atoms with Crippen LogP contribution in [0.2, 0.25) is 0 Å². The molecule has 74 valence electrons. The van der Waals surface area contributed by atoms with E-state index in [1.54, 1.807) is 13.0 Å². The monoisotopic (exact) mass is 304 g/mol. The van der Waals surface area contributed by atoms with Crippen LogP contribution in [0.1, 0.15) is 25.0 Å². The molecule has 0 saturated heterocycles. The van der Waals surface area contributed by atoms with Gasteiger partial charge in [-0.1, -0.05) is 6.07 Å². The second kappa shape index (κ2) is 5.32.